The van der Waals surface area contributed by atoms with Gasteiger partial charge in [0, 0.05) is 37.0 Å². The van der Waals surface area contributed by atoms with Gasteiger partial charge in [0.05, 0.1) is 4.90 Å². The first-order chi connectivity index (χ1) is 13.9. The van der Waals surface area contributed by atoms with Gasteiger partial charge in [-0.05, 0) is 36.4 Å². The molecule has 0 fully saturated rings. The van der Waals surface area contributed by atoms with E-state index in [-0.39, 0.29) is 10.8 Å². The van der Waals surface area contributed by atoms with Crippen molar-refractivity contribution in [3.63, 3.8) is 0 Å². The molecule has 0 saturated carbocycles. The normalized spacial score (nSPS) is 11.6. The molecule has 0 aliphatic heterocycles. The predicted octanol–water partition coefficient (Wildman–Crippen LogP) is 2.76. The molecule has 8 nitrogen and oxygen atoms in total. The second kappa shape index (κ2) is 8.54. The molecule has 0 atom stereocenters. The lowest BCUT2D eigenvalue weighted by molar-refractivity contribution is 0.102. The molecule has 0 bridgehead atoms. The Labute approximate surface area is 170 Å². The van der Waals surface area contributed by atoms with E-state index in [1.54, 1.807) is 36.9 Å². The summed E-state index contributed by atoms with van der Waals surface area (Å²) in [5, 5.41) is 10.8. The molecule has 1 aromatic heterocycles. The van der Waals surface area contributed by atoms with Crippen LogP contribution in [0.4, 0.5) is 5.69 Å². The van der Waals surface area contributed by atoms with Gasteiger partial charge in [0.1, 0.15) is 6.33 Å². The van der Waals surface area contributed by atoms with E-state index in [0.29, 0.717) is 30.2 Å². The Hall–Kier alpha value is -3.04. The molecule has 9 heteroatoms. The fourth-order valence-electron chi connectivity index (χ4n) is 2.97. The van der Waals surface area contributed by atoms with Crippen LogP contribution in [0.1, 0.15) is 24.2 Å². The molecule has 0 spiro atoms. The highest BCUT2D eigenvalue weighted by molar-refractivity contribution is 7.89. The Morgan fingerprint density at radius 2 is 1.79 bits per heavy atom. The van der Waals surface area contributed by atoms with Crippen LogP contribution in [0.15, 0.2) is 59.8 Å². The quantitative estimate of drug-likeness (QED) is 0.642. The fraction of sp³-hybridized carbons (Fsp3) is 0.250. The van der Waals surface area contributed by atoms with E-state index in [4.69, 9.17) is 0 Å². The third-order valence-electron chi connectivity index (χ3n) is 4.55. The maximum absolute atomic E-state index is 12.6. The summed E-state index contributed by atoms with van der Waals surface area (Å²) in [6, 6.07) is 13.2. The summed E-state index contributed by atoms with van der Waals surface area (Å²) in [7, 11) is -1.71. The van der Waals surface area contributed by atoms with Crippen LogP contribution in [-0.2, 0) is 17.1 Å². The van der Waals surface area contributed by atoms with Gasteiger partial charge < -0.3 is 9.88 Å². The number of anilines is 1. The number of nitrogens with one attached hydrogen (secondary N) is 1. The molecule has 2 aromatic carbocycles. The van der Waals surface area contributed by atoms with Gasteiger partial charge >= 0.3 is 0 Å². The second-order valence-corrected chi connectivity index (χ2v) is 8.35. The van der Waals surface area contributed by atoms with Crippen LogP contribution in [0.2, 0.25) is 0 Å². The third kappa shape index (κ3) is 4.36. The van der Waals surface area contributed by atoms with E-state index in [2.05, 4.69) is 15.5 Å². The Bertz CT molecular complexity index is 1100. The first kappa shape index (κ1) is 20.7. The highest BCUT2D eigenvalue weighted by atomic mass is 32.2. The van der Waals surface area contributed by atoms with Crippen molar-refractivity contribution in [2.75, 3.05) is 18.4 Å². The molecule has 1 heterocycles. The molecule has 3 aromatic rings. The number of benzene rings is 2. The lowest BCUT2D eigenvalue weighted by atomic mass is 10.1. The smallest absolute Gasteiger partial charge is 0.255 e. The molecule has 3 rings (SSSR count). The summed E-state index contributed by atoms with van der Waals surface area (Å²) in [4.78, 5) is 12.8. The fourth-order valence-corrected chi connectivity index (χ4v) is 4.43. The Morgan fingerprint density at radius 3 is 2.38 bits per heavy atom. The van der Waals surface area contributed by atoms with Crippen LogP contribution in [0.5, 0.6) is 0 Å². The zero-order valence-corrected chi connectivity index (χ0v) is 17.3. The SMILES string of the molecule is CCN(CC)S(=O)(=O)c1ccc(C(=O)Nc2cccc(-c3nncn3C)c2)cc1. The van der Waals surface area contributed by atoms with Crippen molar-refractivity contribution in [3.05, 3.63) is 60.4 Å². The van der Waals surface area contributed by atoms with Gasteiger partial charge in [-0.2, -0.15) is 4.31 Å². The molecule has 0 saturated heterocycles. The summed E-state index contributed by atoms with van der Waals surface area (Å²) < 4.78 is 28.3. The number of amides is 1. The second-order valence-electron chi connectivity index (χ2n) is 6.41. The van der Waals surface area contributed by atoms with Crippen molar-refractivity contribution in [1.82, 2.24) is 19.1 Å². The first-order valence-corrected chi connectivity index (χ1v) is 10.7. The Morgan fingerprint density at radius 1 is 1.10 bits per heavy atom. The highest BCUT2D eigenvalue weighted by Gasteiger charge is 2.21. The summed E-state index contributed by atoms with van der Waals surface area (Å²) in [6.45, 7) is 4.36. The van der Waals surface area contributed by atoms with Gasteiger partial charge in [-0.1, -0.05) is 26.0 Å². The number of hydrogen-bond acceptors (Lipinski definition) is 5. The number of carbonyl (C=O) groups excluding carboxylic acids is 1. The maximum Gasteiger partial charge on any atom is 0.255 e. The van der Waals surface area contributed by atoms with Gasteiger partial charge in [-0.15, -0.1) is 10.2 Å². The number of sulfonamides is 1. The first-order valence-electron chi connectivity index (χ1n) is 9.22. The lowest BCUT2D eigenvalue weighted by Crippen LogP contribution is -2.30. The molecule has 0 radical (unpaired) electrons. The van der Waals surface area contributed by atoms with Crippen LogP contribution >= 0.6 is 0 Å². The van der Waals surface area contributed by atoms with E-state index in [0.717, 1.165) is 5.56 Å². The zero-order chi connectivity index (χ0) is 21.0. The molecular weight excluding hydrogens is 390 g/mol. The highest BCUT2D eigenvalue weighted by Crippen LogP contribution is 2.21. The number of carbonyl (C=O) groups is 1. The van der Waals surface area contributed by atoms with E-state index in [1.807, 2.05) is 19.2 Å². The standard InChI is InChI=1S/C20H23N5O3S/c1-4-25(5-2)29(27,28)18-11-9-15(10-12-18)20(26)22-17-8-6-7-16(13-17)19-23-21-14-24(19)3/h6-14H,4-5H2,1-3H3,(H,22,26). The molecule has 0 unspecified atom stereocenters. The van der Waals surface area contributed by atoms with E-state index >= 15 is 0 Å². The van der Waals surface area contributed by atoms with Crippen molar-refractivity contribution < 1.29 is 13.2 Å². The third-order valence-corrected chi connectivity index (χ3v) is 6.61. The van der Waals surface area contributed by atoms with Crippen LogP contribution in [0, 0.1) is 0 Å². The summed E-state index contributed by atoms with van der Waals surface area (Å²) in [5.41, 5.74) is 1.80. The van der Waals surface area contributed by atoms with Gasteiger partial charge in [0.2, 0.25) is 10.0 Å². The molecule has 1 N–H and O–H groups in total. The summed E-state index contributed by atoms with van der Waals surface area (Å²) in [6.07, 6.45) is 1.61. The van der Waals surface area contributed by atoms with Crippen molar-refractivity contribution in [2.24, 2.45) is 7.05 Å². The number of nitrogens with zero attached hydrogens (tertiary/aromatic N) is 4. The maximum atomic E-state index is 12.6. The van der Waals surface area contributed by atoms with Crippen molar-refractivity contribution in [1.29, 1.82) is 0 Å². The minimum absolute atomic E-state index is 0.169. The van der Waals surface area contributed by atoms with Crippen LogP contribution in [0.3, 0.4) is 0 Å². The Balaban J connectivity index is 1.78. The average Bonchev–Trinajstić information content (AvgIpc) is 3.15. The number of aryl methyl sites for hydroxylation is 1. The van der Waals surface area contributed by atoms with Gasteiger partial charge in [-0.25, -0.2) is 8.42 Å². The minimum atomic E-state index is -3.55. The van der Waals surface area contributed by atoms with Crippen LogP contribution in [0.25, 0.3) is 11.4 Å². The summed E-state index contributed by atoms with van der Waals surface area (Å²) in [5.74, 6) is 0.360. The Kier molecular flexibility index (Phi) is 6.09. The lowest BCUT2D eigenvalue weighted by Gasteiger charge is -2.18. The van der Waals surface area contributed by atoms with E-state index in [9.17, 15) is 13.2 Å². The van der Waals surface area contributed by atoms with Crippen LogP contribution in [-0.4, -0.2) is 46.5 Å². The van der Waals surface area contributed by atoms with E-state index < -0.39 is 10.0 Å². The molecule has 0 aliphatic rings. The number of aromatic nitrogens is 3. The van der Waals surface area contributed by atoms with Crippen molar-refractivity contribution in [2.45, 2.75) is 18.7 Å². The molecule has 152 valence electrons. The number of rotatable bonds is 7. The molecule has 29 heavy (non-hydrogen) atoms. The number of hydrogen-bond donors (Lipinski definition) is 1. The van der Waals surface area contributed by atoms with E-state index in [1.165, 1.54) is 28.6 Å². The average molecular weight is 414 g/mol. The van der Waals surface area contributed by atoms with Crippen LogP contribution < -0.4 is 5.32 Å². The van der Waals surface area contributed by atoms with Gasteiger partial charge in [0.15, 0.2) is 5.82 Å². The monoisotopic (exact) mass is 413 g/mol. The van der Waals surface area contributed by atoms with Gasteiger partial charge in [-0.3, -0.25) is 4.79 Å². The van der Waals surface area contributed by atoms with Gasteiger partial charge in [0.25, 0.3) is 5.91 Å². The van der Waals surface area contributed by atoms with Crippen molar-refractivity contribution in [3.8, 4) is 11.4 Å². The largest absolute Gasteiger partial charge is 0.322 e. The summed E-state index contributed by atoms with van der Waals surface area (Å²) >= 11 is 0. The zero-order valence-electron chi connectivity index (χ0n) is 16.5. The molecular formula is C20H23N5O3S. The molecule has 1 amide bonds. The predicted molar refractivity (Wildman–Crippen MR) is 111 cm³/mol. The topological polar surface area (TPSA) is 97.2 Å². The molecule has 0 aliphatic carbocycles. The van der Waals surface area contributed by atoms with Crippen molar-refractivity contribution >= 4 is 21.6 Å². The minimum Gasteiger partial charge on any atom is -0.322 e.